The normalized spacial score (nSPS) is 35.7. The van der Waals surface area contributed by atoms with E-state index in [1.54, 1.807) is 0 Å². The van der Waals surface area contributed by atoms with Gasteiger partial charge in [-0.2, -0.15) is 11.8 Å². The van der Waals surface area contributed by atoms with Crippen molar-refractivity contribution in [3.63, 3.8) is 0 Å². The minimum absolute atomic E-state index is 0.0880. The maximum Gasteiger partial charge on any atom is 0.225 e. The van der Waals surface area contributed by atoms with Gasteiger partial charge in [-0.05, 0) is 55.9 Å². The van der Waals surface area contributed by atoms with Crippen LogP contribution in [0.25, 0.3) is 0 Å². The van der Waals surface area contributed by atoms with Crippen LogP contribution < -0.4 is 11.1 Å². The van der Waals surface area contributed by atoms with Gasteiger partial charge in [0.1, 0.15) is 0 Å². The Morgan fingerprint density at radius 3 is 2.78 bits per heavy atom. The fourth-order valence-electron chi connectivity index (χ4n) is 3.54. The fraction of sp³-hybridized carbons (Fsp3) is 0.929. The van der Waals surface area contributed by atoms with Crippen molar-refractivity contribution in [1.82, 2.24) is 5.32 Å². The number of nitrogens with two attached hydrogens (primary N) is 1. The maximum absolute atomic E-state index is 12.3. The zero-order valence-electron chi connectivity index (χ0n) is 11.5. The van der Waals surface area contributed by atoms with Gasteiger partial charge in [-0.3, -0.25) is 4.79 Å². The predicted octanol–water partition coefficient (Wildman–Crippen LogP) is 2.01. The summed E-state index contributed by atoms with van der Waals surface area (Å²) in [4.78, 5) is 12.3. The Morgan fingerprint density at radius 2 is 2.17 bits per heavy atom. The average molecular weight is 270 g/mol. The molecule has 2 aliphatic carbocycles. The van der Waals surface area contributed by atoms with Gasteiger partial charge in [0.05, 0.1) is 5.92 Å². The molecule has 0 spiro atoms. The predicted molar refractivity (Wildman–Crippen MR) is 77.5 cm³/mol. The van der Waals surface area contributed by atoms with Crippen molar-refractivity contribution in [3.8, 4) is 0 Å². The van der Waals surface area contributed by atoms with Gasteiger partial charge < -0.3 is 11.1 Å². The zero-order valence-corrected chi connectivity index (χ0v) is 12.3. The molecule has 4 heteroatoms. The molecule has 0 saturated heterocycles. The Kier molecular flexibility index (Phi) is 4.96. The third kappa shape index (κ3) is 3.02. The first-order valence-electron chi connectivity index (χ1n) is 7.27. The number of carbonyl (C=O) groups excluding carboxylic acids is 1. The van der Waals surface area contributed by atoms with E-state index < -0.39 is 0 Å². The zero-order chi connectivity index (χ0) is 13.1. The summed E-state index contributed by atoms with van der Waals surface area (Å²) in [6.45, 7) is 4.27. The molecule has 0 heterocycles. The van der Waals surface area contributed by atoms with E-state index in [9.17, 15) is 4.79 Å². The smallest absolute Gasteiger partial charge is 0.225 e. The van der Waals surface area contributed by atoms with Crippen LogP contribution in [0.5, 0.6) is 0 Å². The summed E-state index contributed by atoms with van der Waals surface area (Å²) in [5.41, 5.74) is 6.20. The lowest BCUT2D eigenvalue weighted by atomic mass is 9.84. The van der Waals surface area contributed by atoms with Crippen LogP contribution in [0, 0.1) is 17.8 Å². The molecule has 2 bridgehead atoms. The van der Waals surface area contributed by atoms with Crippen LogP contribution in [0.1, 0.15) is 39.5 Å². The van der Waals surface area contributed by atoms with Gasteiger partial charge in [0.25, 0.3) is 0 Å². The standard InChI is InChI=1S/C14H26N2OS/c1-3-18-7-6-9(2)16-14(17)12-10-4-5-11(8-10)13(12)15/h9-13H,3-8,15H2,1-2H3,(H,16,17). The Hall–Kier alpha value is -0.220. The summed E-state index contributed by atoms with van der Waals surface area (Å²) >= 11 is 1.93. The first-order valence-corrected chi connectivity index (χ1v) is 8.42. The molecule has 0 aliphatic heterocycles. The summed E-state index contributed by atoms with van der Waals surface area (Å²) < 4.78 is 0. The maximum atomic E-state index is 12.3. The van der Waals surface area contributed by atoms with Gasteiger partial charge in [0, 0.05) is 12.1 Å². The first-order chi connectivity index (χ1) is 8.63. The Labute approximate surface area is 115 Å². The van der Waals surface area contributed by atoms with Crippen LogP contribution in [-0.2, 0) is 4.79 Å². The van der Waals surface area contributed by atoms with E-state index in [-0.39, 0.29) is 23.9 Å². The molecule has 5 unspecified atom stereocenters. The number of hydrogen-bond acceptors (Lipinski definition) is 3. The van der Waals surface area contributed by atoms with Crippen LogP contribution >= 0.6 is 11.8 Å². The summed E-state index contributed by atoms with van der Waals surface area (Å²) in [6.07, 6.45) is 4.68. The van der Waals surface area contributed by atoms with Crippen molar-refractivity contribution >= 4 is 17.7 Å². The summed E-state index contributed by atoms with van der Waals surface area (Å²) in [5, 5.41) is 3.16. The second-order valence-electron chi connectivity index (χ2n) is 5.83. The van der Waals surface area contributed by atoms with Crippen molar-refractivity contribution in [2.24, 2.45) is 23.5 Å². The molecule has 3 nitrogen and oxygen atoms in total. The minimum Gasteiger partial charge on any atom is -0.353 e. The lowest BCUT2D eigenvalue weighted by Gasteiger charge is -2.28. The lowest BCUT2D eigenvalue weighted by Crippen LogP contribution is -2.47. The molecule has 0 aromatic rings. The molecule has 0 aromatic carbocycles. The molecule has 1 amide bonds. The molecule has 5 atom stereocenters. The molecule has 18 heavy (non-hydrogen) atoms. The third-order valence-corrected chi connectivity index (χ3v) is 5.50. The summed E-state index contributed by atoms with van der Waals surface area (Å²) in [7, 11) is 0. The number of fused-ring (bicyclic) bond motifs is 2. The second-order valence-corrected chi connectivity index (χ2v) is 7.23. The third-order valence-electron chi connectivity index (χ3n) is 4.57. The molecule has 0 radical (unpaired) electrons. The number of thioether (sulfide) groups is 1. The van der Waals surface area contributed by atoms with Crippen LogP contribution in [0.4, 0.5) is 0 Å². The number of amides is 1. The Morgan fingerprint density at radius 1 is 1.44 bits per heavy atom. The van der Waals surface area contributed by atoms with E-state index in [1.165, 1.54) is 19.3 Å². The van der Waals surface area contributed by atoms with Crippen LogP contribution in [0.3, 0.4) is 0 Å². The minimum atomic E-state index is 0.0880. The van der Waals surface area contributed by atoms with Crippen molar-refractivity contribution in [3.05, 3.63) is 0 Å². The van der Waals surface area contributed by atoms with Gasteiger partial charge in [0.15, 0.2) is 0 Å². The summed E-state index contributed by atoms with van der Waals surface area (Å²) in [6, 6.07) is 0.392. The summed E-state index contributed by atoms with van der Waals surface area (Å²) in [5.74, 6) is 3.74. The molecular formula is C14H26N2OS. The van der Waals surface area contributed by atoms with Crippen LogP contribution in [0.15, 0.2) is 0 Å². The molecule has 3 N–H and O–H groups in total. The van der Waals surface area contributed by atoms with Crippen LogP contribution in [-0.4, -0.2) is 29.5 Å². The molecule has 2 rings (SSSR count). The monoisotopic (exact) mass is 270 g/mol. The van der Waals surface area contributed by atoms with Crippen molar-refractivity contribution in [2.45, 2.75) is 51.6 Å². The van der Waals surface area contributed by atoms with E-state index in [0.717, 1.165) is 17.9 Å². The molecular weight excluding hydrogens is 244 g/mol. The van der Waals surface area contributed by atoms with E-state index in [4.69, 9.17) is 5.73 Å². The van der Waals surface area contributed by atoms with Gasteiger partial charge >= 0.3 is 0 Å². The fourth-order valence-corrected chi connectivity index (χ4v) is 4.35. The van der Waals surface area contributed by atoms with Gasteiger partial charge in [-0.15, -0.1) is 0 Å². The molecule has 0 aromatic heterocycles. The molecule has 104 valence electrons. The molecule has 2 saturated carbocycles. The Bertz CT molecular complexity index is 296. The highest BCUT2D eigenvalue weighted by Gasteiger charge is 2.49. The topological polar surface area (TPSA) is 55.1 Å². The van der Waals surface area contributed by atoms with E-state index in [1.807, 2.05) is 11.8 Å². The highest BCUT2D eigenvalue weighted by atomic mass is 32.2. The van der Waals surface area contributed by atoms with Crippen molar-refractivity contribution < 1.29 is 4.79 Å². The lowest BCUT2D eigenvalue weighted by molar-refractivity contribution is -0.127. The molecule has 2 aliphatic rings. The van der Waals surface area contributed by atoms with Crippen molar-refractivity contribution in [2.75, 3.05) is 11.5 Å². The Balaban J connectivity index is 1.77. The average Bonchev–Trinajstić information content (AvgIpc) is 2.89. The van der Waals surface area contributed by atoms with E-state index in [0.29, 0.717) is 11.8 Å². The quantitative estimate of drug-likeness (QED) is 0.726. The highest BCUT2D eigenvalue weighted by Crippen LogP contribution is 2.47. The van der Waals surface area contributed by atoms with Crippen molar-refractivity contribution in [1.29, 1.82) is 0 Å². The molecule has 2 fully saturated rings. The van der Waals surface area contributed by atoms with Gasteiger partial charge in [-0.25, -0.2) is 0 Å². The second kappa shape index (κ2) is 6.29. The first kappa shape index (κ1) is 14.2. The van der Waals surface area contributed by atoms with Gasteiger partial charge in [-0.1, -0.05) is 6.92 Å². The van der Waals surface area contributed by atoms with Gasteiger partial charge in [0.2, 0.25) is 5.91 Å². The SMILES string of the molecule is CCSCCC(C)NC(=O)C1C2CCC(C2)C1N. The largest absolute Gasteiger partial charge is 0.353 e. The number of nitrogens with one attached hydrogen (secondary N) is 1. The van der Waals surface area contributed by atoms with E-state index >= 15 is 0 Å². The highest BCUT2D eigenvalue weighted by molar-refractivity contribution is 7.99. The number of rotatable bonds is 6. The van der Waals surface area contributed by atoms with Crippen LogP contribution in [0.2, 0.25) is 0 Å². The number of hydrogen-bond donors (Lipinski definition) is 2. The van der Waals surface area contributed by atoms with E-state index in [2.05, 4.69) is 19.2 Å². The number of carbonyl (C=O) groups is 1.